The number of alkyl halides is 3. The number of aromatic nitrogens is 3. The van der Waals surface area contributed by atoms with Crippen LogP contribution in [0.1, 0.15) is 39.2 Å². The van der Waals surface area contributed by atoms with Gasteiger partial charge in [-0.3, -0.25) is 4.79 Å². The molecule has 2 heterocycles. The molecular formula is C20H17F3N4OS. The molecular weight excluding hydrogens is 401 g/mol. The minimum absolute atomic E-state index is 0.0173. The lowest BCUT2D eigenvalue weighted by atomic mass is 10.0. The smallest absolute Gasteiger partial charge is 0.312 e. The summed E-state index contributed by atoms with van der Waals surface area (Å²) in [7, 11) is 1.85. The fourth-order valence-electron chi connectivity index (χ4n) is 3.36. The van der Waals surface area contributed by atoms with Crippen molar-refractivity contribution in [2.45, 2.75) is 30.1 Å². The Bertz CT molecular complexity index is 1080. The number of amides is 1. The predicted octanol–water partition coefficient (Wildman–Crippen LogP) is 4.85. The van der Waals surface area contributed by atoms with E-state index in [1.165, 1.54) is 28.8 Å². The molecule has 0 aliphatic carbocycles. The molecule has 150 valence electrons. The maximum absolute atomic E-state index is 13.3. The molecule has 1 amide bonds. The van der Waals surface area contributed by atoms with Crippen LogP contribution in [0.5, 0.6) is 0 Å². The first-order valence-electron chi connectivity index (χ1n) is 8.87. The molecule has 9 heteroatoms. The van der Waals surface area contributed by atoms with Crippen LogP contribution >= 0.6 is 11.8 Å². The quantitative estimate of drug-likeness (QED) is 0.569. The molecule has 1 aromatic heterocycles. The third-order valence-electron chi connectivity index (χ3n) is 4.88. The number of carbonyl (C=O) groups excluding carboxylic acids is 1. The summed E-state index contributed by atoms with van der Waals surface area (Å²) in [5.74, 6) is -0.420. The summed E-state index contributed by atoms with van der Waals surface area (Å²) in [6.07, 6.45) is -2.88. The fraction of sp³-hybridized carbons (Fsp3) is 0.250. The Kier molecular flexibility index (Phi) is 4.85. The van der Waals surface area contributed by atoms with E-state index in [1.807, 2.05) is 30.7 Å². The van der Waals surface area contributed by atoms with E-state index in [1.54, 1.807) is 18.5 Å². The first-order valence-corrected chi connectivity index (χ1v) is 9.75. The molecule has 5 nitrogen and oxygen atoms in total. The van der Waals surface area contributed by atoms with E-state index in [2.05, 4.69) is 10.2 Å². The third kappa shape index (κ3) is 3.62. The second-order valence-corrected chi connectivity index (χ2v) is 8.11. The Morgan fingerprint density at radius 2 is 1.93 bits per heavy atom. The minimum Gasteiger partial charge on any atom is -0.312 e. The molecule has 0 N–H and O–H groups in total. The number of nitrogens with zero attached hydrogens (tertiary/aromatic N) is 4. The van der Waals surface area contributed by atoms with Crippen molar-refractivity contribution in [3.63, 3.8) is 0 Å². The molecule has 0 fully saturated rings. The molecule has 4 rings (SSSR count). The van der Waals surface area contributed by atoms with Gasteiger partial charge in [-0.05, 0) is 42.3 Å². The van der Waals surface area contributed by atoms with Crippen molar-refractivity contribution in [1.82, 2.24) is 14.8 Å². The van der Waals surface area contributed by atoms with Crippen molar-refractivity contribution in [3.05, 3.63) is 71.0 Å². The average Bonchev–Trinajstić information content (AvgIpc) is 3.24. The summed E-state index contributed by atoms with van der Waals surface area (Å²) >= 11 is 1.51. The van der Waals surface area contributed by atoms with Gasteiger partial charge in [0.2, 0.25) is 0 Å². The number of aryl methyl sites for hydroxylation is 1. The van der Waals surface area contributed by atoms with Gasteiger partial charge in [0.05, 0.1) is 12.1 Å². The maximum atomic E-state index is 13.3. The van der Waals surface area contributed by atoms with Gasteiger partial charge in [0, 0.05) is 23.5 Å². The molecule has 2 aromatic carbocycles. The number of fused-ring (bicyclic) bond motifs is 1. The number of anilines is 1. The second kappa shape index (κ2) is 7.22. The number of hydrogen-bond donors (Lipinski definition) is 0. The third-order valence-corrected chi connectivity index (χ3v) is 6.08. The highest BCUT2D eigenvalue weighted by molar-refractivity contribution is 7.99. The zero-order chi connectivity index (χ0) is 20.8. The van der Waals surface area contributed by atoms with E-state index in [-0.39, 0.29) is 22.9 Å². The number of carbonyl (C=O) groups is 1. The van der Waals surface area contributed by atoms with Crippen molar-refractivity contribution in [3.8, 4) is 0 Å². The summed E-state index contributed by atoms with van der Waals surface area (Å²) in [5.41, 5.74) is 0.884. The van der Waals surface area contributed by atoms with E-state index in [0.717, 1.165) is 16.8 Å². The van der Waals surface area contributed by atoms with E-state index >= 15 is 0 Å². The fourth-order valence-corrected chi connectivity index (χ4v) is 4.26. The van der Waals surface area contributed by atoms with Gasteiger partial charge >= 0.3 is 6.18 Å². The van der Waals surface area contributed by atoms with E-state index in [0.29, 0.717) is 5.69 Å². The van der Waals surface area contributed by atoms with Gasteiger partial charge in [0.15, 0.2) is 5.16 Å². The molecule has 0 saturated heterocycles. The van der Waals surface area contributed by atoms with Crippen molar-refractivity contribution in [1.29, 1.82) is 0 Å². The van der Waals surface area contributed by atoms with Crippen molar-refractivity contribution in [2.75, 3.05) is 4.90 Å². The summed E-state index contributed by atoms with van der Waals surface area (Å²) in [6.45, 7) is 1.90. The summed E-state index contributed by atoms with van der Waals surface area (Å²) in [6, 6.07) is 11.0. The molecule has 1 aliphatic heterocycles. The highest BCUT2D eigenvalue weighted by Gasteiger charge is 2.39. The van der Waals surface area contributed by atoms with Crippen LogP contribution in [0.2, 0.25) is 0 Å². The van der Waals surface area contributed by atoms with Gasteiger partial charge in [-0.2, -0.15) is 13.2 Å². The van der Waals surface area contributed by atoms with Crippen LogP contribution in [0.3, 0.4) is 0 Å². The van der Waals surface area contributed by atoms with Crippen LogP contribution < -0.4 is 4.90 Å². The second-order valence-electron chi connectivity index (χ2n) is 6.80. The zero-order valence-electron chi connectivity index (χ0n) is 15.6. The Morgan fingerprint density at radius 1 is 1.17 bits per heavy atom. The number of halogens is 3. The number of rotatable bonds is 4. The summed E-state index contributed by atoms with van der Waals surface area (Å²) in [5, 5.41) is 8.68. The molecule has 0 spiro atoms. The SMILES string of the molecule is C[C@@H](Sc1nncn1C)c1cccc(N2Cc3c(cccc3C(F)(F)F)C2=O)c1. The summed E-state index contributed by atoms with van der Waals surface area (Å²) in [4.78, 5) is 14.2. The Balaban J connectivity index is 1.62. The molecule has 3 aromatic rings. The molecule has 0 bridgehead atoms. The first kappa shape index (κ1) is 19.5. The van der Waals surface area contributed by atoms with Crippen LogP contribution in [0, 0.1) is 0 Å². The number of benzene rings is 2. The Hall–Kier alpha value is -2.81. The number of hydrogen-bond acceptors (Lipinski definition) is 4. The molecule has 0 radical (unpaired) electrons. The Morgan fingerprint density at radius 3 is 2.62 bits per heavy atom. The van der Waals surface area contributed by atoms with Crippen LogP contribution in [0.25, 0.3) is 0 Å². The zero-order valence-corrected chi connectivity index (χ0v) is 16.5. The highest BCUT2D eigenvalue weighted by atomic mass is 32.2. The van der Waals surface area contributed by atoms with Crippen LogP contribution in [0.15, 0.2) is 53.9 Å². The average molecular weight is 418 g/mol. The van der Waals surface area contributed by atoms with Crippen LogP contribution in [0.4, 0.5) is 18.9 Å². The van der Waals surface area contributed by atoms with E-state index < -0.39 is 17.6 Å². The summed E-state index contributed by atoms with van der Waals surface area (Å²) < 4.78 is 41.8. The standard InChI is InChI=1S/C20H17F3N4OS/c1-12(29-19-25-24-11-26(19)2)13-5-3-6-14(9-13)27-10-16-15(18(27)28)7-4-8-17(16)20(21,22)23/h3-9,11-12H,10H2,1-2H3/t12-/m1/s1. The highest BCUT2D eigenvalue weighted by Crippen LogP contribution is 2.40. The van der Waals surface area contributed by atoms with Crippen LogP contribution in [-0.4, -0.2) is 20.7 Å². The van der Waals surface area contributed by atoms with Crippen molar-refractivity contribution < 1.29 is 18.0 Å². The monoisotopic (exact) mass is 418 g/mol. The minimum atomic E-state index is -4.50. The van der Waals surface area contributed by atoms with Crippen LogP contribution in [-0.2, 0) is 19.8 Å². The molecule has 0 unspecified atom stereocenters. The van der Waals surface area contributed by atoms with Gasteiger partial charge in [-0.15, -0.1) is 10.2 Å². The largest absolute Gasteiger partial charge is 0.416 e. The Labute approximate surface area is 169 Å². The van der Waals surface area contributed by atoms with Gasteiger partial charge < -0.3 is 9.47 Å². The lowest BCUT2D eigenvalue weighted by Crippen LogP contribution is -2.23. The van der Waals surface area contributed by atoms with Gasteiger partial charge in [0.25, 0.3) is 5.91 Å². The topological polar surface area (TPSA) is 51.0 Å². The van der Waals surface area contributed by atoms with Gasteiger partial charge in [0.1, 0.15) is 6.33 Å². The van der Waals surface area contributed by atoms with E-state index in [4.69, 9.17) is 0 Å². The molecule has 1 aliphatic rings. The predicted molar refractivity (Wildman–Crippen MR) is 104 cm³/mol. The normalized spacial score (nSPS) is 14.9. The van der Waals surface area contributed by atoms with Gasteiger partial charge in [-0.1, -0.05) is 30.0 Å². The molecule has 29 heavy (non-hydrogen) atoms. The molecule has 0 saturated carbocycles. The van der Waals surface area contributed by atoms with Crippen molar-refractivity contribution in [2.24, 2.45) is 7.05 Å². The number of thioether (sulfide) groups is 1. The van der Waals surface area contributed by atoms with E-state index in [9.17, 15) is 18.0 Å². The lowest BCUT2D eigenvalue weighted by molar-refractivity contribution is -0.138. The molecule has 1 atom stereocenters. The van der Waals surface area contributed by atoms with Crippen molar-refractivity contribution >= 4 is 23.4 Å². The lowest BCUT2D eigenvalue weighted by Gasteiger charge is -2.19. The van der Waals surface area contributed by atoms with Gasteiger partial charge in [-0.25, -0.2) is 0 Å². The maximum Gasteiger partial charge on any atom is 0.416 e. The first-order chi connectivity index (χ1) is 13.8.